The normalized spacial score (nSPS) is 11.9. The molecule has 144 valence electrons. The van der Waals surface area contributed by atoms with Crippen molar-refractivity contribution in [3.63, 3.8) is 0 Å². The Morgan fingerprint density at radius 1 is 1.33 bits per heavy atom. The number of nitrogens with two attached hydrogens (primary N) is 2. The van der Waals surface area contributed by atoms with Crippen LogP contribution in [0.3, 0.4) is 0 Å². The Balaban J connectivity index is 0.00000261. The van der Waals surface area contributed by atoms with Gasteiger partial charge in [-0.3, -0.25) is 4.79 Å². The third-order valence-electron chi connectivity index (χ3n) is 3.65. The number of nitrogens with one attached hydrogen (secondary N) is 1. The van der Waals surface area contributed by atoms with Crippen molar-refractivity contribution in [2.75, 3.05) is 17.7 Å². The molecule has 2 heterocycles. The first-order chi connectivity index (χ1) is 12.3. The van der Waals surface area contributed by atoms with E-state index in [9.17, 15) is 9.90 Å². The molecule has 0 spiro atoms. The zero-order valence-corrected chi connectivity index (χ0v) is 15.9. The Morgan fingerprint density at radius 2 is 2.04 bits per heavy atom. The smallest absolute Gasteiger partial charge is 0.260 e. The van der Waals surface area contributed by atoms with E-state index in [1.165, 1.54) is 0 Å². The second kappa shape index (κ2) is 8.26. The SMILES string of the molecule is C.C[C@H](CO)Nc1nc(-c2ccc(Cl)c(Cl)c2)c2c(N)c(C(N)=O)sc2n1. The Morgan fingerprint density at radius 3 is 2.63 bits per heavy atom. The monoisotopic (exact) mass is 427 g/mol. The molecule has 0 radical (unpaired) electrons. The lowest BCUT2D eigenvalue weighted by molar-refractivity contribution is 0.100. The van der Waals surface area contributed by atoms with Crippen molar-refractivity contribution in [1.29, 1.82) is 0 Å². The molecule has 3 aromatic rings. The lowest BCUT2D eigenvalue weighted by Crippen LogP contribution is -2.21. The number of nitrogen functional groups attached to an aromatic ring is 1. The molecule has 27 heavy (non-hydrogen) atoms. The van der Waals surface area contributed by atoms with E-state index >= 15 is 0 Å². The van der Waals surface area contributed by atoms with Gasteiger partial charge in [0.25, 0.3) is 5.91 Å². The number of rotatable bonds is 5. The maximum Gasteiger partial charge on any atom is 0.260 e. The number of halogens is 2. The van der Waals surface area contributed by atoms with Crippen LogP contribution in [0, 0.1) is 0 Å². The highest BCUT2D eigenvalue weighted by atomic mass is 35.5. The summed E-state index contributed by atoms with van der Waals surface area (Å²) < 4.78 is 0. The highest BCUT2D eigenvalue weighted by molar-refractivity contribution is 7.21. The molecule has 0 aliphatic carbocycles. The van der Waals surface area contributed by atoms with Crippen molar-refractivity contribution in [3.05, 3.63) is 33.1 Å². The lowest BCUT2D eigenvalue weighted by atomic mass is 10.1. The molecule has 1 amide bonds. The van der Waals surface area contributed by atoms with Crippen LogP contribution in [0.2, 0.25) is 10.0 Å². The number of aromatic nitrogens is 2. The van der Waals surface area contributed by atoms with Gasteiger partial charge < -0.3 is 21.9 Å². The minimum absolute atomic E-state index is 0. The predicted octanol–water partition coefficient (Wildman–Crippen LogP) is 3.78. The molecule has 0 saturated carbocycles. The molecule has 6 N–H and O–H groups in total. The maximum atomic E-state index is 11.7. The summed E-state index contributed by atoms with van der Waals surface area (Å²) in [7, 11) is 0. The van der Waals surface area contributed by atoms with Gasteiger partial charge in [0.2, 0.25) is 5.95 Å². The number of nitrogens with zero attached hydrogens (tertiary/aromatic N) is 2. The average molecular weight is 428 g/mol. The molecule has 1 atom stereocenters. The van der Waals surface area contributed by atoms with Crippen LogP contribution in [0.25, 0.3) is 21.5 Å². The summed E-state index contributed by atoms with van der Waals surface area (Å²) in [5.74, 6) is -0.346. The van der Waals surface area contributed by atoms with Crippen LogP contribution in [-0.4, -0.2) is 33.6 Å². The minimum Gasteiger partial charge on any atom is -0.397 e. The molecule has 0 aliphatic rings. The first kappa shape index (κ1) is 21.2. The van der Waals surface area contributed by atoms with Gasteiger partial charge >= 0.3 is 0 Å². The van der Waals surface area contributed by atoms with Crippen LogP contribution < -0.4 is 16.8 Å². The van der Waals surface area contributed by atoms with E-state index in [2.05, 4.69) is 15.3 Å². The number of benzene rings is 1. The number of carbonyl (C=O) groups excluding carboxylic acids is 1. The van der Waals surface area contributed by atoms with E-state index in [0.29, 0.717) is 31.5 Å². The highest BCUT2D eigenvalue weighted by Crippen LogP contribution is 2.40. The fraction of sp³-hybridized carbons (Fsp3) is 0.235. The summed E-state index contributed by atoms with van der Waals surface area (Å²) in [5, 5.41) is 13.5. The Hall–Kier alpha value is -2.13. The highest BCUT2D eigenvalue weighted by Gasteiger charge is 2.21. The van der Waals surface area contributed by atoms with Gasteiger partial charge in [-0.25, -0.2) is 9.97 Å². The molecule has 0 fully saturated rings. The number of primary amides is 1. The summed E-state index contributed by atoms with van der Waals surface area (Å²) in [6, 6.07) is 4.79. The van der Waals surface area contributed by atoms with Crippen LogP contribution in [0.4, 0.5) is 11.6 Å². The number of fused-ring (bicyclic) bond motifs is 1. The summed E-state index contributed by atoms with van der Waals surface area (Å²) in [6.07, 6.45) is 0. The van der Waals surface area contributed by atoms with Gasteiger partial charge in [-0.1, -0.05) is 36.7 Å². The molecule has 0 aliphatic heterocycles. The second-order valence-corrected chi connectivity index (χ2v) is 7.46. The minimum atomic E-state index is -0.635. The van der Waals surface area contributed by atoms with E-state index in [-0.39, 0.29) is 36.6 Å². The van der Waals surface area contributed by atoms with E-state index in [1.54, 1.807) is 25.1 Å². The average Bonchev–Trinajstić information content (AvgIpc) is 2.93. The van der Waals surface area contributed by atoms with Gasteiger partial charge in [0, 0.05) is 11.6 Å². The standard InChI is InChI=1S/C16H15Cl2N5O2S.CH4/c1-6(5-24)21-16-22-12(7-2-3-8(17)9(18)4-7)10-11(19)13(14(20)25)26-15(10)23-16;/h2-4,6,24H,5,19H2,1H3,(H2,20,25)(H,21,22,23);1H4/t6-;/m1./s1. The number of amides is 1. The van der Waals surface area contributed by atoms with E-state index < -0.39 is 5.91 Å². The lowest BCUT2D eigenvalue weighted by Gasteiger charge is -2.13. The first-order valence-electron chi connectivity index (χ1n) is 7.54. The number of hydrogen-bond donors (Lipinski definition) is 4. The number of thiophene rings is 1. The van der Waals surface area contributed by atoms with E-state index in [0.717, 1.165) is 11.3 Å². The predicted molar refractivity (Wildman–Crippen MR) is 113 cm³/mol. The molecule has 10 heteroatoms. The zero-order valence-electron chi connectivity index (χ0n) is 13.6. The fourth-order valence-corrected chi connectivity index (χ4v) is 3.63. The molecule has 7 nitrogen and oxygen atoms in total. The second-order valence-electron chi connectivity index (χ2n) is 5.64. The number of aliphatic hydroxyl groups is 1. The molecular weight excluding hydrogens is 409 g/mol. The van der Waals surface area contributed by atoms with E-state index in [1.807, 2.05) is 0 Å². The molecular formula is C17H19Cl2N5O2S. The molecule has 1 aromatic carbocycles. The van der Waals surface area contributed by atoms with Crippen LogP contribution in [0.1, 0.15) is 24.0 Å². The first-order valence-corrected chi connectivity index (χ1v) is 9.11. The van der Waals surface area contributed by atoms with Crippen LogP contribution in [0.15, 0.2) is 18.2 Å². The quantitative estimate of drug-likeness (QED) is 0.490. The fourth-order valence-electron chi connectivity index (χ4n) is 2.39. The summed E-state index contributed by atoms with van der Waals surface area (Å²) in [6.45, 7) is 1.69. The van der Waals surface area contributed by atoms with Crippen molar-refractivity contribution in [2.24, 2.45) is 5.73 Å². The topological polar surface area (TPSA) is 127 Å². The van der Waals surface area contributed by atoms with Crippen molar-refractivity contribution >= 4 is 62.3 Å². The number of anilines is 2. The van der Waals surface area contributed by atoms with Gasteiger partial charge in [-0.2, -0.15) is 0 Å². The zero-order chi connectivity index (χ0) is 19.0. The summed E-state index contributed by atoms with van der Waals surface area (Å²) in [4.78, 5) is 21.3. The van der Waals surface area contributed by atoms with Crippen molar-refractivity contribution in [1.82, 2.24) is 9.97 Å². The van der Waals surface area contributed by atoms with Gasteiger partial charge in [0.1, 0.15) is 9.71 Å². The Kier molecular flexibility index (Phi) is 6.48. The van der Waals surface area contributed by atoms with Crippen molar-refractivity contribution in [2.45, 2.75) is 20.4 Å². The summed E-state index contributed by atoms with van der Waals surface area (Å²) in [5.41, 5.74) is 12.9. The number of carbonyl (C=O) groups is 1. The molecule has 0 unspecified atom stereocenters. The summed E-state index contributed by atoms with van der Waals surface area (Å²) >= 11 is 13.2. The Bertz CT molecular complexity index is 1010. The van der Waals surface area contributed by atoms with Gasteiger partial charge in [0.05, 0.1) is 33.4 Å². The van der Waals surface area contributed by atoms with Gasteiger partial charge in [-0.15, -0.1) is 11.3 Å². The van der Waals surface area contributed by atoms with Crippen molar-refractivity contribution < 1.29 is 9.90 Å². The third-order valence-corrected chi connectivity index (χ3v) is 5.51. The number of aliphatic hydroxyl groups excluding tert-OH is 1. The van der Waals surface area contributed by atoms with Gasteiger partial charge in [0.15, 0.2) is 0 Å². The number of hydrogen-bond acceptors (Lipinski definition) is 7. The van der Waals surface area contributed by atoms with Crippen molar-refractivity contribution in [3.8, 4) is 11.3 Å². The van der Waals surface area contributed by atoms with Crippen LogP contribution >= 0.6 is 34.5 Å². The van der Waals surface area contributed by atoms with Crippen LogP contribution in [0.5, 0.6) is 0 Å². The third kappa shape index (κ3) is 4.08. The largest absolute Gasteiger partial charge is 0.397 e. The van der Waals surface area contributed by atoms with E-state index in [4.69, 9.17) is 34.7 Å². The Labute approximate surface area is 170 Å². The molecule has 3 rings (SSSR count). The maximum absolute atomic E-state index is 11.7. The molecule has 0 saturated heterocycles. The van der Waals surface area contributed by atoms with Gasteiger partial charge in [-0.05, 0) is 19.1 Å². The molecule has 2 aromatic heterocycles. The molecule has 0 bridgehead atoms. The van der Waals surface area contributed by atoms with Crippen LogP contribution in [-0.2, 0) is 0 Å².